The molecule has 0 heterocycles. The first kappa shape index (κ1) is 10.5. The van der Waals surface area contributed by atoms with Gasteiger partial charge in [0.05, 0.1) is 0 Å². The van der Waals surface area contributed by atoms with Crippen LogP contribution in [-0.4, -0.2) is 24.8 Å². The summed E-state index contributed by atoms with van der Waals surface area (Å²) >= 11 is 0. The zero-order valence-corrected chi connectivity index (χ0v) is 8.14. The maximum absolute atomic E-state index is 11.0. The highest BCUT2D eigenvalue weighted by Crippen LogP contribution is 2.03. The van der Waals surface area contributed by atoms with Crippen molar-refractivity contribution < 1.29 is 9.53 Å². The highest BCUT2D eigenvalue weighted by atomic mass is 16.5. The second-order valence-corrected chi connectivity index (χ2v) is 2.94. The van der Waals surface area contributed by atoms with Gasteiger partial charge in [-0.2, -0.15) is 0 Å². The van der Waals surface area contributed by atoms with Crippen LogP contribution in [0, 0.1) is 0 Å². The van der Waals surface area contributed by atoms with Crippen molar-refractivity contribution in [3.63, 3.8) is 0 Å². The molecule has 0 spiro atoms. The fourth-order valence-corrected chi connectivity index (χ4v) is 1.15. The van der Waals surface area contributed by atoms with Crippen LogP contribution in [0.25, 0.3) is 0 Å². The number of rotatable bonds is 4. The monoisotopic (exact) mass is 194 g/mol. The Labute approximate surface area is 83.3 Å². The number of carbonyl (C=O) groups is 1. The van der Waals surface area contributed by atoms with Crippen molar-refractivity contribution in [1.82, 2.24) is 4.90 Å². The number of hydrogen-bond donors (Lipinski definition) is 1. The average molecular weight is 194 g/mol. The largest absolute Gasteiger partial charge is 0.364 e. The maximum atomic E-state index is 11.0. The predicted molar refractivity (Wildman–Crippen MR) is 53.4 cm³/mol. The van der Waals surface area contributed by atoms with E-state index in [-0.39, 0.29) is 6.73 Å². The van der Waals surface area contributed by atoms with Gasteiger partial charge in [-0.1, -0.05) is 30.3 Å². The lowest BCUT2D eigenvalue weighted by atomic mass is 10.2. The second-order valence-electron chi connectivity index (χ2n) is 2.94. The smallest absolute Gasteiger partial charge is 0.316 e. The Hall–Kier alpha value is -1.55. The Morgan fingerprint density at radius 1 is 1.43 bits per heavy atom. The average Bonchev–Trinajstić information content (AvgIpc) is 2.18. The molecule has 76 valence electrons. The van der Waals surface area contributed by atoms with Crippen molar-refractivity contribution in [2.45, 2.75) is 6.54 Å². The highest BCUT2D eigenvalue weighted by molar-refractivity contribution is 5.71. The molecule has 0 atom stereocenters. The third kappa shape index (κ3) is 3.06. The number of nitrogens with two attached hydrogens (primary N) is 1. The number of amides is 2. The summed E-state index contributed by atoms with van der Waals surface area (Å²) in [7, 11) is 1.53. The molecule has 2 amide bonds. The van der Waals surface area contributed by atoms with Crippen LogP contribution in [0.15, 0.2) is 30.3 Å². The van der Waals surface area contributed by atoms with E-state index in [4.69, 9.17) is 10.5 Å². The van der Waals surface area contributed by atoms with E-state index >= 15 is 0 Å². The first-order chi connectivity index (χ1) is 6.74. The molecular weight excluding hydrogens is 180 g/mol. The van der Waals surface area contributed by atoms with E-state index in [9.17, 15) is 4.79 Å². The summed E-state index contributed by atoms with van der Waals surface area (Å²) in [4.78, 5) is 12.4. The summed E-state index contributed by atoms with van der Waals surface area (Å²) in [5, 5.41) is 0. The SMILES string of the molecule is COCN(Cc1ccccc1)C(N)=O. The molecule has 0 aliphatic rings. The van der Waals surface area contributed by atoms with Gasteiger partial charge >= 0.3 is 6.03 Å². The molecule has 1 rings (SSSR count). The summed E-state index contributed by atoms with van der Waals surface area (Å²) < 4.78 is 4.86. The fourth-order valence-electron chi connectivity index (χ4n) is 1.15. The molecule has 0 aliphatic heterocycles. The van der Waals surface area contributed by atoms with Crippen molar-refractivity contribution in [1.29, 1.82) is 0 Å². The van der Waals surface area contributed by atoms with Gasteiger partial charge in [0.25, 0.3) is 0 Å². The molecule has 1 aromatic rings. The van der Waals surface area contributed by atoms with Crippen LogP contribution in [0.4, 0.5) is 4.79 Å². The summed E-state index contributed by atoms with van der Waals surface area (Å²) in [6, 6.07) is 9.16. The van der Waals surface area contributed by atoms with Crippen LogP contribution in [0.2, 0.25) is 0 Å². The molecule has 4 heteroatoms. The standard InChI is InChI=1S/C10H14N2O2/c1-14-8-12(10(11)13)7-9-5-3-2-4-6-9/h2-6H,7-8H2,1H3,(H2,11,13). The van der Waals surface area contributed by atoms with Crippen LogP contribution in [0.3, 0.4) is 0 Å². The lowest BCUT2D eigenvalue weighted by molar-refractivity contribution is 0.0822. The van der Waals surface area contributed by atoms with E-state index in [1.807, 2.05) is 30.3 Å². The lowest BCUT2D eigenvalue weighted by Crippen LogP contribution is -2.36. The van der Waals surface area contributed by atoms with E-state index in [2.05, 4.69) is 0 Å². The first-order valence-electron chi connectivity index (χ1n) is 4.31. The number of benzene rings is 1. The van der Waals surface area contributed by atoms with Crippen LogP contribution >= 0.6 is 0 Å². The van der Waals surface area contributed by atoms with Crippen molar-refractivity contribution >= 4 is 6.03 Å². The number of nitrogens with zero attached hydrogens (tertiary/aromatic N) is 1. The van der Waals surface area contributed by atoms with Crippen molar-refractivity contribution in [2.24, 2.45) is 5.73 Å². The Kier molecular flexibility index (Phi) is 3.94. The molecule has 0 bridgehead atoms. The van der Waals surface area contributed by atoms with Gasteiger partial charge in [0.15, 0.2) is 0 Å². The van der Waals surface area contributed by atoms with Gasteiger partial charge in [0, 0.05) is 13.7 Å². The second kappa shape index (κ2) is 5.24. The van der Waals surface area contributed by atoms with Gasteiger partial charge in [0.1, 0.15) is 6.73 Å². The normalized spacial score (nSPS) is 9.79. The number of primary amides is 1. The minimum absolute atomic E-state index is 0.213. The van der Waals surface area contributed by atoms with E-state index in [1.54, 1.807) is 0 Å². The van der Waals surface area contributed by atoms with Crippen molar-refractivity contribution in [3.05, 3.63) is 35.9 Å². The van der Waals surface area contributed by atoms with E-state index < -0.39 is 6.03 Å². The summed E-state index contributed by atoms with van der Waals surface area (Å²) in [6.45, 7) is 0.689. The Morgan fingerprint density at radius 2 is 2.07 bits per heavy atom. The molecule has 0 saturated carbocycles. The number of carbonyl (C=O) groups excluding carboxylic acids is 1. The first-order valence-corrected chi connectivity index (χ1v) is 4.31. The zero-order valence-electron chi connectivity index (χ0n) is 8.14. The number of methoxy groups -OCH3 is 1. The Morgan fingerprint density at radius 3 is 2.57 bits per heavy atom. The molecule has 14 heavy (non-hydrogen) atoms. The topological polar surface area (TPSA) is 55.6 Å². The molecule has 4 nitrogen and oxygen atoms in total. The van der Waals surface area contributed by atoms with Gasteiger partial charge < -0.3 is 10.5 Å². The number of urea groups is 1. The Bertz CT molecular complexity index is 287. The van der Waals surface area contributed by atoms with E-state index in [1.165, 1.54) is 12.0 Å². The molecule has 0 aromatic heterocycles. The molecule has 0 saturated heterocycles. The van der Waals surface area contributed by atoms with E-state index in [0.717, 1.165) is 5.56 Å². The van der Waals surface area contributed by atoms with Crippen molar-refractivity contribution in [2.75, 3.05) is 13.8 Å². The van der Waals surface area contributed by atoms with Crippen molar-refractivity contribution in [3.8, 4) is 0 Å². The predicted octanol–water partition coefficient (Wildman–Crippen LogP) is 1.17. The third-order valence-electron chi connectivity index (χ3n) is 1.81. The van der Waals surface area contributed by atoms with Crippen LogP contribution in [-0.2, 0) is 11.3 Å². The molecule has 0 aliphatic carbocycles. The maximum Gasteiger partial charge on any atom is 0.316 e. The van der Waals surface area contributed by atoms with Crippen LogP contribution < -0.4 is 5.73 Å². The van der Waals surface area contributed by atoms with Crippen LogP contribution in [0.5, 0.6) is 0 Å². The van der Waals surface area contributed by atoms with Gasteiger partial charge in [-0.05, 0) is 5.56 Å². The minimum atomic E-state index is -0.476. The number of ether oxygens (including phenoxy) is 1. The number of hydrogen-bond acceptors (Lipinski definition) is 2. The van der Waals surface area contributed by atoms with E-state index in [0.29, 0.717) is 6.54 Å². The fraction of sp³-hybridized carbons (Fsp3) is 0.300. The van der Waals surface area contributed by atoms with Gasteiger partial charge in [-0.3, -0.25) is 4.90 Å². The van der Waals surface area contributed by atoms with Gasteiger partial charge in [0.2, 0.25) is 0 Å². The summed E-state index contributed by atoms with van der Waals surface area (Å²) in [6.07, 6.45) is 0. The van der Waals surface area contributed by atoms with Gasteiger partial charge in [-0.25, -0.2) is 4.79 Å². The molecule has 0 unspecified atom stereocenters. The quantitative estimate of drug-likeness (QED) is 0.731. The molecule has 0 fully saturated rings. The van der Waals surface area contributed by atoms with Crippen LogP contribution in [0.1, 0.15) is 5.56 Å². The minimum Gasteiger partial charge on any atom is -0.364 e. The molecule has 2 N–H and O–H groups in total. The molecule has 1 aromatic carbocycles. The zero-order chi connectivity index (χ0) is 10.4. The molecular formula is C10H14N2O2. The molecule has 0 radical (unpaired) electrons. The summed E-state index contributed by atoms with van der Waals surface area (Å²) in [5.74, 6) is 0. The highest BCUT2D eigenvalue weighted by Gasteiger charge is 2.08. The lowest BCUT2D eigenvalue weighted by Gasteiger charge is -2.18. The van der Waals surface area contributed by atoms with Gasteiger partial charge in [-0.15, -0.1) is 0 Å². The Balaban J connectivity index is 2.60. The summed E-state index contributed by atoms with van der Waals surface area (Å²) in [5.41, 5.74) is 6.21. The third-order valence-corrected chi connectivity index (χ3v) is 1.81.